The highest BCUT2D eigenvalue weighted by Gasteiger charge is 2.55. The van der Waals surface area contributed by atoms with E-state index in [2.05, 4.69) is 20.5 Å². The van der Waals surface area contributed by atoms with Crippen LogP contribution in [0.15, 0.2) is 57.3 Å². The predicted molar refractivity (Wildman–Crippen MR) is 115 cm³/mol. The quantitative estimate of drug-likeness (QED) is 0.506. The average molecular weight is 469 g/mol. The summed E-state index contributed by atoms with van der Waals surface area (Å²) in [5, 5.41) is 13.8. The van der Waals surface area contributed by atoms with E-state index in [9.17, 15) is 9.59 Å². The van der Waals surface area contributed by atoms with Crippen molar-refractivity contribution < 1.29 is 23.6 Å². The van der Waals surface area contributed by atoms with Gasteiger partial charge in [0.1, 0.15) is 6.54 Å². The lowest BCUT2D eigenvalue weighted by Crippen LogP contribution is -2.39. The molecule has 0 N–H and O–H groups in total. The van der Waals surface area contributed by atoms with Crippen LogP contribution in [0.25, 0.3) is 11.4 Å². The van der Waals surface area contributed by atoms with E-state index in [1.807, 2.05) is 6.07 Å². The third kappa shape index (κ3) is 3.46. The number of carbonyl (C=O) groups is 2. The SMILES string of the molecule is COc1ccc(N2C(=O)[C@@H]3N=NN(Cc4nc(-c5ccccc5Cl)no4)[C@H]3C2=O)cc1OC. The van der Waals surface area contributed by atoms with Crippen LogP contribution in [0.4, 0.5) is 5.69 Å². The van der Waals surface area contributed by atoms with Crippen LogP contribution in [0.3, 0.4) is 0 Å². The van der Waals surface area contributed by atoms with E-state index in [0.717, 1.165) is 4.90 Å². The van der Waals surface area contributed by atoms with Gasteiger partial charge in [0, 0.05) is 11.6 Å². The van der Waals surface area contributed by atoms with Crippen LogP contribution in [-0.4, -0.2) is 53.3 Å². The molecule has 3 heterocycles. The Kier molecular flexibility index (Phi) is 5.17. The number of halogens is 1. The molecular weight excluding hydrogens is 452 g/mol. The number of ether oxygens (including phenoxy) is 2. The zero-order valence-electron chi connectivity index (χ0n) is 17.5. The summed E-state index contributed by atoms with van der Waals surface area (Å²) in [6.45, 7) is 0.000906. The van der Waals surface area contributed by atoms with E-state index in [1.54, 1.807) is 36.4 Å². The number of anilines is 1. The molecule has 1 fully saturated rings. The first-order valence-corrected chi connectivity index (χ1v) is 10.2. The van der Waals surface area contributed by atoms with Crippen molar-refractivity contribution in [3.8, 4) is 22.9 Å². The lowest BCUT2D eigenvalue weighted by molar-refractivity contribution is -0.123. The molecule has 0 bridgehead atoms. The van der Waals surface area contributed by atoms with Crippen molar-refractivity contribution in [3.05, 3.63) is 53.4 Å². The van der Waals surface area contributed by atoms with Crippen LogP contribution >= 0.6 is 11.6 Å². The highest BCUT2D eigenvalue weighted by atomic mass is 35.5. The van der Waals surface area contributed by atoms with E-state index in [1.165, 1.54) is 19.2 Å². The van der Waals surface area contributed by atoms with Gasteiger partial charge in [0.25, 0.3) is 11.8 Å². The number of carbonyl (C=O) groups excluding carboxylic acids is 2. The molecule has 2 aliphatic rings. The Morgan fingerprint density at radius 2 is 1.85 bits per heavy atom. The standard InChI is InChI=1S/C21H17ClN6O5/c1-31-14-8-7-11(9-15(14)32-2)28-20(29)17-18(21(28)30)27(26-24-17)10-16-23-19(25-33-16)12-5-3-4-6-13(12)22/h3-9,17-18H,10H2,1-2H3/t17-,18-/m1/s1. The van der Waals surface area contributed by atoms with Crippen LogP contribution < -0.4 is 14.4 Å². The number of hydrogen-bond acceptors (Lipinski definition) is 10. The number of hydrogen-bond donors (Lipinski definition) is 0. The number of methoxy groups -OCH3 is 2. The van der Waals surface area contributed by atoms with Gasteiger partial charge in [-0.2, -0.15) is 10.1 Å². The summed E-state index contributed by atoms with van der Waals surface area (Å²) in [5.41, 5.74) is 0.966. The van der Waals surface area contributed by atoms with Crippen LogP contribution in [0, 0.1) is 0 Å². The van der Waals surface area contributed by atoms with Crippen LogP contribution in [-0.2, 0) is 16.1 Å². The van der Waals surface area contributed by atoms with Crippen molar-refractivity contribution in [2.75, 3.05) is 19.1 Å². The van der Waals surface area contributed by atoms with Crippen LogP contribution in [0.5, 0.6) is 11.5 Å². The molecule has 2 aliphatic heterocycles. The van der Waals surface area contributed by atoms with Gasteiger partial charge in [-0.25, -0.2) is 4.90 Å². The van der Waals surface area contributed by atoms with Crippen LogP contribution in [0.2, 0.25) is 5.02 Å². The van der Waals surface area contributed by atoms with Gasteiger partial charge in [0.2, 0.25) is 11.7 Å². The number of nitrogens with zero attached hydrogens (tertiary/aromatic N) is 6. The van der Waals surface area contributed by atoms with E-state index >= 15 is 0 Å². The monoisotopic (exact) mass is 468 g/mol. The topological polar surface area (TPSA) is 123 Å². The molecule has 0 unspecified atom stereocenters. The van der Waals surface area contributed by atoms with Gasteiger partial charge in [-0.3, -0.25) is 14.6 Å². The third-order valence-corrected chi connectivity index (χ3v) is 5.69. The molecule has 0 aliphatic carbocycles. The lowest BCUT2D eigenvalue weighted by Gasteiger charge is -2.20. The fourth-order valence-corrected chi connectivity index (χ4v) is 4.00. The summed E-state index contributed by atoms with van der Waals surface area (Å²) in [6, 6.07) is 10.0. The van der Waals surface area contributed by atoms with E-state index in [4.69, 9.17) is 25.6 Å². The molecule has 3 aromatic rings. The first-order chi connectivity index (χ1) is 16.0. The molecule has 168 valence electrons. The minimum absolute atomic E-state index is 0.000906. The summed E-state index contributed by atoms with van der Waals surface area (Å²) in [7, 11) is 2.97. The summed E-state index contributed by atoms with van der Waals surface area (Å²) in [4.78, 5) is 31.6. The van der Waals surface area contributed by atoms with Crippen molar-refractivity contribution in [2.45, 2.75) is 18.6 Å². The Hall–Kier alpha value is -3.99. The van der Waals surface area contributed by atoms with Crippen LogP contribution in [0.1, 0.15) is 5.89 Å². The van der Waals surface area contributed by atoms with Crippen molar-refractivity contribution in [3.63, 3.8) is 0 Å². The number of aromatic nitrogens is 2. The van der Waals surface area contributed by atoms with Crippen molar-refractivity contribution >= 4 is 29.1 Å². The molecule has 2 aromatic carbocycles. The van der Waals surface area contributed by atoms with Crippen molar-refractivity contribution in [2.24, 2.45) is 10.3 Å². The maximum Gasteiger partial charge on any atom is 0.263 e. The summed E-state index contributed by atoms with van der Waals surface area (Å²) in [5.74, 6) is 0.439. The first kappa shape index (κ1) is 20.9. The number of imide groups is 1. The number of benzene rings is 2. The summed E-state index contributed by atoms with van der Waals surface area (Å²) in [6.07, 6.45) is 0. The molecule has 1 saturated heterocycles. The van der Waals surface area contributed by atoms with Crippen molar-refractivity contribution in [1.82, 2.24) is 15.1 Å². The molecule has 2 amide bonds. The van der Waals surface area contributed by atoms with Gasteiger partial charge >= 0.3 is 0 Å². The molecule has 11 nitrogen and oxygen atoms in total. The summed E-state index contributed by atoms with van der Waals surface area (Å²) >= 11 is 6.19. The minimum Gasteiger partial charge on any atom is -0.493 e. The molecule has 2 atom stereocenters. The van der Waals surface area contributed by atoms with Gasteiger partial charge in [-0.05, 0) is 24.3 Å². The molecule has 1 aromatic heterocycles. The normalized spacial score (nSPS) is 19.4. The fraction of sp³-hybridized carbons (Fsp3) is 0.238. The van der Waals surface area contributed by atoms with Gasteiger partial charge < -0.3 is 14.0 Å². The van der Waals surface area contributed by atoms with E-state index in [-0.39, 0.29) is 12.4 Å². The molecule has 12 heteroatoms. The first-order valence-electron chi connectivity index (χ1n) is 9.86. The van der Waals surface area contributed by atoms with E-state index in [0.29, 0.717) is 33.6 Å². The largest absolute Gasteiger partial charge is 0.493 e. The molecular formula is C21H17ClN6O5. The average Bonchev–Trinajstić information content (AvgIpc) is 3.52. The van der Waals surface area contributed by atoms with E-state index < -0.39 is 23.9 Å². The Morgan fingerprint density at radius 3 is 2.61 bits per heavy atom. The van der Waals surface area contributed by atoms with Gasteiger partial charge in [0.05, 0.1) is 24.9 Å². The van der Waals surface area contributed by atoms with Gasteiger partial charge in [-0.1, -0.05) is 34.1 Å². The Balaban J connectivity index is 1.38. The molecule has 0 radical (unpaired) electrons. The second-order valence-corrected chi connectivity index (χ2v) is 7.64. The summed E-state index contributed by atoms with van der Waals surface area (Å²) < 4.78 is 15.8. The molecule has 33 heavy (non-hydrogen) atoms. The number of rotatable bonds is 6. The Bertz CT molecular complexity index is 1280. The fourth-order valence-electron chi connectivity index (χ4n) is 3.78. The Morgan fingerprint density at radius 1 is 1.06 bits per heavy atom. The van der Waals surface area contributed by atoms with Gasteiger partial charge in [0.15, 0.2) is 23.6 Å². The van der Waals surface area contributed by atoms with Gasteiger partial charge in [-0.15, -0.1) is 0 Å². The zero-order chi connectivity index (χ0) is 23.1. The second kappa shape index (κ2) is 8.17. The minimum atomic E-state index is -0.962. The molecule has 0 saturated carbocycles. The number of fused-ring (bicyclic) bond motifs is 1. The second-order valence-electron chi connectivity index (χ2n) is 7.23. The predicted octanol–water partition coefficient (Wildman–Crippen LogP) is 2.90. The lowest BCUT2D eigenvalue weighted by atomic mass is 10.1. The smallest absolute Gasteiger partial charge is 0.263 e. The zero-order valence-corrected chi connectivity index (χ0v) is 18.3. The molecule has 5 rings (SSSR count). The highest BCUT2D eigenvalue weighted by Crippen LogP contribution is 2.37. The third-order valence-electron chi connectivity index (χ3n) is 5.36. The Labute approximate surface area is 192 Å². The molecule has 0 spiro atoms. The highest BCUT2D eigenvalue weighted by molar-refractivity contribution is 6.33. The maximum atomic E-state index is 13.2. The maximum absolute atomic E-state index is 13.2. The number of amides is 2. The van der Waals surface area contributed by atoms with Crippen molar-refractivity contribution in [1.29, 1.82) is 0 Å².